The third-order valence-electron chi connectivity index (χ3n) is 1.80. The zero-order valence-corrected chi connectivity index (χ0v) is 9.61. The normalized spacial score (nSPS) is 9.94. The van der Waals surface area contributed by atoms with Gasteiger partial charge in [0.15, 0.2) is 0 Å². The molecule has 8 heteroatoms. The molecule has 0 unspecified atom stereocenters. The van der Waals surface area contributed by atoms with E-state index in [1.54, 1.807) is 23.8 Å². The van der Waals surface area contributed by atoms with Gasteiger partial charge in [-0.25, -0.2) is 5.84 Å². The molecular weight excluding hydrogens is 246 g/mol. The summed E-state index contributed by atoms with van der Waals surface area (Å²) >= 11 is 1.22. The van der Waals surface area contributed by atoms with Gasteiger partial charge in [0.05, 0.1) is 16.2 Å². The fourth-order valence-corrected chi connectivity index (χ4v) is 2.05. The zero-order valence-electron chi connectivity index (χ0n) is 8.79. The molecule has 0 atom stereocenters. The molecule has 0 saturated carbocycles. The molecule has 0 aliphatic heterocycles. The zero-order chi connectivity index (χ0) is 12.7. The number of rotatable bonds is 6. The van der Waals surface area contributed by atoms with Gasteiger partial charge in [-0.1, -0.05) is 17.7 Å². The highest BCUT2D eigenvalue weighted by molar-refractivity contribution is 7.99. The lowest BCUT2D eigenvalue weighted by atomic mass is 10.3. The number of nitro benzene ring substituents is 1. The van der Waals surface area contributed by atoms with E-state index in [2.05, 4.69) is 4.84 Å². The first-order valence-corrected chi connectivity index (χ1v) is 5.65. The summed E-state index contributed by atoms with van der Waals surface area (Å²) < 4.78 is 0. The van der Waals surface area contributed by atoms with E-state index in [9.17, 15) is 14.9 Å². The molecule has 1 aromatic carbocycles. The Morgan fingerprint density at radius 1 is 1.53 bits per heavy atom. The lowest BCUT2D eigenvalue weighted by Crippen LogP contribution is -2.26. The standard InChI is InChI=1S/C9H11N3O4S/c10-11-16-9(13)5-6-17-8-4-2-1-3-7(8)12(14)15/h1-4,11H,5-6,10H2. The van der Waals surface area contributed by atoms with Crippen LogP contribution in [0.15, 0.2) is 29.2 Å². The summed E-state index contributed by atoms with van der Waals surface area (Å²) in [6, 6.07) is 6.35. The summed E-state index contributed by atoms with van der Waals surface area (Å²) in [4.78, 5) is 26.0. The Labute approximate surface area is 101 Å². The fraction of sp³-hybridized carbons (Fsp3) is 0.222. The average Bonchev–Trinajstić information content (AvgIpc) is 2.30. The highest BCUT2D eigenvalue weighted by Gasteiger charge is 2.13. The van der Waals surface area contributed by atoms with Crippen LogP contribution in [0, 0.1) is 10.1 Å². The van der Waals surface area contributed by atoms with E-state index in [0.29, 0.717) is 10.6 Å². The van der Waals surface area contributed by atoms with E-state index in [1.807, 2.05) is 0 Å². The van der Waals surface area contributed by atoms with Gasteiger partial charge in [-0.2, -0.15) is 0 Å². The maximum atomic E-state index is 10.9. The minimum atomic E-state index is -0.515. The van der Waals surface area contributed by atoms with Gasteiger partial charge in [0.1, 0.15) is 0 Å². The van der Waals surface area contributed by atoms with E-state index >= 15 is 0 Å². The van der Waals surface area contributed by atoms with Crippen molar-refractivity contribution in [2.75, 3.05) is 5.75 Å². The van der Waals surface area contributed by atoms with Crippen LogP contribution in [0.3, 0.4) is 0 Å². The second-order valence-corrected chi connectivity index (χ2v) is 4.05. The van der Waals surface area contributed by atoms with Gasteiger partial charge in [-0.3, -0.25) is 14.9 Å². The maximum absolute atomic E-state index is 10.9. The number of nitrogens with one attached hydrogen (secondary N) is 1. The Balaban J connectivity index is 2.52. The quantitative estimate of drug-likeness (QED) is 0.338. The van der Waals surface area contributed by atoms with E-state index in [1.165, 1.54) is 17.8 Å². The van der Waals surface area contributed by atoms with Gasteiger partial charge in [0.2, 0.25) is 0 Å². The van der Waals surface area contributed by atoms with Crippen molar-refractivity contribution in [3.8, 4) is 0 Å². The van der Waals surface area contributed by atoms with E-state index in [-0.39, 0.29) is 12.1 Å². The summed E-state index contributed by atoms with van der Waals surface area (Å²) in [5, 5.41) is 10.7. The molecule has 0 spiro atoms. The Hall–Kier alpha value is -1.64. The number of hydrazine groups is 1. The summed E-state index contributed by atoms with van der Waals surface area (Å²) in [5.74, 6) is 4.65. The average molecular weight is 257 g/mol. The molecule has 0 bridgehead atoms. The van der Waals surface area contributed by atoms with Crippen LogP contribution in [-0.2, 0) is 9.63 Å². The van der Waals surface area contributed by atoms with Crippen LogP contribution < -0.4 is 11.4 Å². The molecule has 1 aromatic rings. The largest absolute Gasteiger partial charge is 0.356 e. The first-order valence-electron chi connectivity index (χ1n) is 4.66. The molecule has 0 aliphatic carbocycles. The fourth-order valence-electron chi connectivity index (χ4n) is 1.09. The topological polar surface area (TPSA) is 107 Å². The van der Waals surface area contributed by atoms with Gasteiger partial charge in [0.25, 0.3) is 5.69 Å². The predicted molar refractivity (Wildman–Crippen MR) is 61.9 cm³/mol. The van der Waals surface area contributed by atoms with Gasteiger partial charge in [-0.15, -0.1) is 11.8 Å². The number of hydrogen-bond acceptors (Lipinski definition) is 7. The van der Waals surface area contributed by atoms with E-state index in [0.717, 1.165) is 0 Å². The number of nitrogens with two attached hydrogens (primary N) is 1. The second-order valence-electron chi connectivity index (χ2n) is 2.92. The van der Waals surface area contributed by atoms with Crippen molar-refractivity contribution in [1.82, 2.24) is 5.59 Å². The van der Waals surface area contributed by atoms with Crippen LogP contribution in [-0.4, -0.2) is 16.6 Å². The van der Waals surface area contributed by atoms with E-state index < -0.39 is 10.9 Å². The molecule has 0 heterocycles. The lowest BCUT2D eigenvalue weighted by molar-refractivity contribution is -0.387. The van der Waals surface area contributed by atoms with Gasteiger partial charge < -0.3 is 4.84 Å². The number of carbonyl (C=O) groups is 1. The van der Waals surface area contributed by atoms with Crippen molar-refractivity contribution in [1.29, 1.82) is 0 Å². The Bertz CT molecular complexity index is 413. The summed E-state index contributed by atoms with van der Waals surface area (Å²) in [5.41, 5.74) is 1.81. The Morgan fingerprint density at radius 2 is 2.24 bits per heavy atom. The summed E-state index contributed by atoms with van der Waals surface area (Å²) in [7, 11) is 0. The molecule has 1 rings (SSSR count). The molecular formula is C9H11N3O4S. The van der Waals surface area contributed by atoms with Crippen molar-refractivity contribution < 1.29 is 14.6 Å². The number of benzene rings is 1. The highest BCUT2D eigenvalue weighted by Crippen LogP contribution is 2.28. The number of hydrogen-bond donors (Lipinski definition) is 2. The van der Waals surface area contributed by atoms with Crippen molar-refractivity contribution in [2.45, 2.75) is 11.3 Å². The third-order valence-corrected chi connectivity index (χ3v) is 2.86. The first kappa shape index (κ1) is 13.4. The number of para-hydroxylation sites is 1. The number of nitrogens with zero attached hydrogens (tertiary/aromatic N) is 1. The van der Waals surface area contributed by atoms with Crippen LogP contribution in [0.5, 0.6) is 0 Å². The Morgan fingerprint density at radius 3 is 2.88 bits per heavy atom. The van der Waals surface area contributed by atoms with Gasteiger partial charge in [0, 0.05) is 11.8 Å². The monoisotopic (exact) mass is 257 g/mol. The SMILES string of the molecule is NNOC(=O)CCSc1ccccc1[N+](=O)[O-]. The molecule has 0 radical (unpaired) electrons. The third kappa shape index (κ3) is 4.39. The van der Waals surface area contributed by atoms with Crippen LogP contribution >= 0.6 is 11.8 Å². The number of thioether (sulfide) groups is 1. The molecule has 92 valence electrons. The van der Waals surface area contributed by atoms with Crippen molar-refractivity contribution >= 4 is 23.4 Å². The van der Waals surface area contributed by atoms with Crippen LogP contribution in [0.25, 0.3) is 0 Å². The number of carbonyl (C=O) groups excluding carboxylic acids is 1. The molecule has 0 saturated heterocycles. The summed E-state index contributed by atoms with van der Waals surface area (Å²) in [6.45, 7) is 0. The van der Waals surface area contributed by atoms with Crippen LogP contribution in [0.1, 0.15) is 6.42 Å². The number of nitro groups is 1. The lowest BCUT2D eigenvalue weighted by Gasteiger charge is -2.02. The van der Waals surface area contributed by atoms with Crippen LogP contribution in [0.4, 0.5) is 5.69 Å². The van der Waals surface area contributed by atoms with Crippen molar-refractivity contribution in [3.05, 3.63) is 34.4 Å². The van der Waals surface area contributed by atoms with Gasteiger partial charge in [-0.05, 0) is 6.07 Å². The second kappa shape index (κ2) is 6.84. The van der Waals surface area contributed by atoms with Gasteiger partial charge >= 0.3 is 5.97 Å². The van der Waals surface area contributed by atoms with Crippen molar-refractivity contribution in [2.24, 2.45) is 5.84 Å². The highest BCUT2D eigenvalue weighted by atomic mass is 32.2. The first-order chi connectivity index (χ1) is 8.15. The molecule has 7 nitrogen and oxygen atoms in total. The van der Waals surface area contributed by atoms with Crippen molar-refractivity contribution in [3.63, 3.8) is 0 Å². The molecule has 0 aromatic heterocycles. The molecule has 17 heavy (non-hydrogen) atoms. The smallest absolute Gasteiger partial charge is 0.327 e. The molecule has 3 N–H and O–H groups in total. The molecule has 0 aliphatic rings. The minimum Gasteiger partial charge on any atom is -0.356 e. The molecule has 0 amide bonds. The Kier molecular flexibility index (Phi) is 5.40. The predicted octanol–water partition coefficient (Wildman–Crippen LogP) is 0.998. The minimum absolute atomic E-state index is 0.0304. The summed E-state index contributed by atoms with van der Waals surface area (Å²) in [6.07, 6.45) is 0.112. The molecule has 0 fully saturated rings. The van der Waals surface area contributed by atoms with E-state index in [4.69, 9.17) is 5.84 Å². The maximum Gasteiger partial charge on any atom is 0.327 e. The van der Waals surface area contributed by atoms with Crippen LogP contribution in [0.2, 0.25) is 0 Å².